The molecule has 0 aromatic carbocycles. The van der Waals surface area contributed by atoms with Crippen molar-refractivity contribution in [1.29, 1.82) is 0 Å². The highest BCUT2D eigenvalue weighted by Gasteiger charge is 2.27. The van der Waals surface area contributed by atoms with Crippen LogP contribution in [0.4, 0.5) is 4.79 Å². The molecule has 7 heteroatoms. The zero-order chi connectivity index (χ0) is 17.1. The van der Waals surface area contributed by atoms with Crippen molar-refractivity contribution in [2.75, 3.05) is 0 Å². The van der Waals surface area contributed by atoms with Gasteiger partial charge in [-0.3, -0.25) is 0 Å². The topological polar surface area (TPSA) is 102 Å². The summed E-state index contributed by atoms with van der Waals surface area (Å²) in [5.74, 6) is -0.523. The molecule has 0 aliphatic rings. The number of hydrogen-bond donors (Lipinski definition) is 2. The second-order valence-corrected chi connectivity index (χ2v) is 6.59. The summed E-state index contributed by atoms with van der Waals surface area (Å²) in [6.45, 7) is 10.8. The molecule has 1 amide bonds. The van der Waals surface area contributed by atoms with Gasteiger partial charge in [0.2, 0.25) is 5.89 Å². The lowest BCUT2D eigenvalue weighted by atomic mass is 10.0. The van der Waals surface area contributed by atoms with E-state index in [4.69, 9.17) is 14.3 Å². The van der Waals surface area contributed by atoms with Crippen LogP contribution < -0.4 is 5.32 Å². The molecular formula is C15H24N2O5. The Morgan fingerprint density at radius 3 is 2.36 bits per heavy atom. The van der Waals surface area contributed by atoms with Gasteiger partial charge in [-0.25, -0.2) is 14.6 Å². The highest BCUT2D eigenvalue weighted by atomic mass is 16.6. The van der Waals surface area contributed by atoms with Crippen molar-refractivity contribution in [2.24, 2.45) is 5.92 Å². The first-order valence-electron chi connectivity index (χ1n) is 7.19. The van der Waals surface area contributed by atoms with E-state index in [0.717, 1.165) is 0 Å². The van der Waals surface area contributed by atoms with Crippen LogP contribution in [0.3, 0.4) is 0 Å². The van der Waals surface area contributed by atoms with Crippen molar-refractivity contribution in [3.05, 3.63) is 17.3 Å². The lowest BCUT2D eigenvalue weighted by Crippen LogP contribution is -2.35. The summed E-state index contributed by atoms with van der Waals surface area (Å²) in [4.78, 5) is 27.0. The number of aromatic nitrogens is 1. The Balaban J connectivity index is 2.96. The molecule has 0 bridgehead atoms. The quantitative estimate of drug-likeness (QED) is 0.865. The molecule has 0 radical (unpaired) electrons. The van der Waals surface area contributed by atoms with Gasteiger partial charge in [0.25, 0.3) is 0 Å². The molecule has 1 aromatic heterocycles. The summed E-state index contributed by atoms with van der Waals surface area (Å²) in [5, 5.41) is 11.7. The summed E-state index contributed by atoms with van der Waals surface area (Å²) < 4.78 is 10.6. The first-order chi connectivity index (χ1) is 9.99. The Morgan fingerprint density at radius 2 is 1.95 bits per heavy atom. The van der Waals surface area contributed by atoms with Crippen LogP contribution in [0.25, 0.3) is 0 Å². The summed E-state index contributed by atoms with van der Waals surface area (Å²) in [6.07, 6.45) is -0.0380. The molecule has 0 aliphatic heterocycles. The fraction of sp³-hybridized carbons (Fsp3) is 0.667. The SMILES string of the molecule is Cc1oc([C@@H](CC(C)C)NC(=O)OC(C)(C)C)nc1C(=O)O. The van der Waals surface area contributed by atoms with Gasteiger partial charge in [-0.2, -0.15) is 0 Å². The summed E-state index contributed by atoms with van der Waals surface area (Å²) in [5.41, 5.74) is -0.764. The maximum absolute atomic E-state index is 11.9. The van der Waals surface area contributed by atoms with Crippen molar-refractivity contribution in [3.8, 4) is 0 Å². The van der Waals surface area contributed by atoms with Crippen molar-refractivity contribution in [2.45, 2.75) is 59.6 Å². The Kier molecular flexibility index (Phi) is 5.57. The molecule has 0 fully saturated rings. The van der Waals surface area contributed by atoms with E-state index in [0.29, 0.717) is 6.42 Å². The van der Waals surface area contributed by atoms with Crippen LogP contribution in [0, 0.1) is 12.8 Å². The van der Waals surface area contributed by atoms with Crippen LogP contribution in [0.15, 0.2) is 4.42 Å². The normalized spacial score (nSPS) is 13.0. The number of carboxylic acid groups (broad SMARTS) is 1. The molecule has 7 nitrogen and oxygen atoms in total. The third kappa shape index (κ3) is 5.38. The Bertz CT molecular complexity index is 543. The number of rotatable bonds is 5. The molecule has 1 rings (SSSR count). The summed E-state index contributed by atoms with van der Waals surface area (Å²) >= 11 is 0. The molecule has 0 saturated heterocycles. The number of aryl methyl sites for hydroxylation is 1. The van der Waals surface area contributed by atoms with Crippen LogP contribution in [-0.2, 0) is 4.74 Å². The number of alkyl carbamates (subject to hydrolysis) is 1. The van der Waals surface area contributed by atoms with Gasteiger partial charge in [0.15, 0.2) is 5.69 Å². The smallest absolute Gasteiger partial charge is 0.408 e. The average Bonchev–Trinajstić information content (AvgIpc) is 2.67. The number of amides is 1. The second-order valence-electron chi connectivity index (χ2n) is 6.59. The van der Waals surface area contributed by atoms with E-state index < -0.39 is 23.7 Å². The van der Waals surface area contributed by atoms with Gasteiger partial charge in [0.1, 0.15) is 17.4 Å². The van der Waals surface area contributed by atoms with Crippen LogP contribution in [0.5, 0.6) is 0 Å². The number of carboxylic acids is 1. The van der Waals surface area contributed by atoms with E-state index in [2.05, 4.69) is 10.3 Å². The van der Waals surface area contributed by atoms with E-state index in [1.165, 1.54) is 6.92 Å². The number of nitrogens with one attached hydrogen (secondary N) is 1. The van der Waals surface area contributed by atoms with Gasteiger partial charge in [-0.15, -0.1) is 0 Å². The minimum absolute atomic E-state index is 0.144. The molecule has 0 aliphatic carbocycles. The molecule has 22 heavy (non-hydrogen) atoms. The molecule has 0 spiro atoms. The van der Waals surface area contributed by atoms with Crippen molar-refractivity contribution in [3.63, 3.8) is 0 Å². The van der Waals surface area contributed by atoms with E-state index in [1.807, 2.05) is 13.8 Å². The number of ether oxygens (including phenoxy) is 1. The Hall–Kier alpha value is -2.05. The first kappa shape index (κ1) is 18.0. The Morgan fingerprint density at radius 1 is 1.36 bits per heavy atom. The van der Waals surface area contributed by atoms with Gasteiger partial charge in [-0.05, 0) is 40.0 Å². The van der Waals surface area contributed by atoms with E-state index >= 15 is 0 Å². The summed E-state index contributed by atoms with van der Waals surface area (Å²) in [6, 6.07) is -0.540. The standard InChI is InChI=1S/C15H24N2O5/c1-8(2)7-10(16-14(20)22-15(4,5)6)12-17-11(13(18)19)9(3)21-12/h8,10H,7H2,1-6H3,(H,16,20)(H,18,19)/t10-/m1/s1. The molecule has 0 saturated carbocycles. The third-order valence-electron chi connectivity index (χ3n) is 2.71. The van der Waals surface area contributed by atoms with Crippen molar-refractivity contribution < 1.29 is 23.8 Å². The van der Waals surface area contributed by atoms with Gasteiger partial charge in [-0.1, -0.05) is 13.8 Å². The second kappa shape index (κ2) is 6.81. The predicted molar refractivity (Wildman–Crippen MR) is 79.8 cm³/mol. The minimum Gasteiger partial charge on any atom is -0.476 e. The van der Waals surface area contributed by atoms with Crippen LogP contribution >= 0.6 is 0 Å². The average molecular weight is 312 g/mol. The Labute approximate surface area is 130 Å². The molecule has 1 heterocycles. The number of hydrogen-bond acceptors (Lipinski definition) is 5. The first-order valence-corrected chi connectivity index (χ1v) is 7.19. The van der Waals surface area contributed by atoms with Crippen LogP contribution in [0.1, 0.15) is 69.2 Å². The highest BCUT2D eigenvalue weighted by molar-refractivity contribution is 5.86. The molecule has 2 N–H and O–H groups in total. The third-order valence-corrected chi connectivity index (χ3v) is 2.71. The lowest BCUT2D eigenvalue weighted by Gasteiger charge is -2.23. The van der Waals surface area contributed by atoms with E-state index in [1.54, 1.807) is 20.8 Å². The van der Waals surface area contributed by atoms with Crippen molar-refractivity contribution in [1.82, 2.24) is 10.3 Å². The van der Waals surface area contributed by atoms with Gasteiger partial charge < -0.3 is 19.6 Å². The molecular weight excluding hydrogens is 288 g/mol. The zero-order valence-corrected chi connectivity index (χ0v) is 13.9. The monoisotopic (exact) mass is 312 g/mol. The van der Waals surface area contributed by atoms with E-state index in [-0.39, 0.29) is 23.3 Å². The van der Waals surface area contributed by atoms with Gasteiger partial charge >= 0.3 is 12.1 Å². The minimum atomic E-state index is -1.16. The molecule has 1 aromatic rings. The number of aromatic carboxylic acids is 1. The van der Waals surface area contributed by atoms with Gasteiger partial charge in [0.05, 0.1) is 0 Å². The zero-order valence-electron chi connectivity index (χ0n) is 13.9. The van der Waals surface area contributed by atoms with E-state index in [9.17, 15) is 9.59 Å². The predicted octanol–water partition coefficient (Wildman–Crippen LogP) is 3.29. The van der Waals surface area contributed by atoms with Crippen LogP contribution in [-0.4, -0.2) is 27.8 Å². The number of carbonyl (C=O) groups excluding carboxylic acids is 1. The number of oxazole rings is 1. The fourth-order valence-corrected chi connectivity index (χ4v) is 1.91. The maximum atomic E-state index is 11.9. The number of nitrogens with zero attached hydrogens (tertiary/aromatic N) is 1. The molecule has 1 atom stereocenters. The molecule has 0 unspecified atom stereocenters. The van der Waals surface area contributed by atoms with Gasteiger partial charge in [0, 0.05) is 0 Å². The maximum Gasteiger partial charge on any atom is 0.408 e. The summed E-state index contributed by atoms with van der Waals surface area (Å²) in [7, 11) is 0. The lowest BCUT2D eigenvalue weighted by molar-refractivity contribution is 0.0488. The fourth-order valence-electron chi connectivity index (χ4n) is 1.91. The largest absolute Gasteiger partial charge is 0.476 e. The van der Waals surface area contributed by atoms with Crippen LogP contribution in [0.2, 0.25) is 0 Å². The molecule has 124 valence electrons. The number of carbonyl (C=O) groups is 2. The highest BCUT2D eigenvalue weighted by Crippen LogP contribution is 2.23. The van der Waals surface area contributed by atoms with Crippen molar-refractivity contribution >= 4 is 12.1 Å².